The average molecular weight is 654 g/mol. The summed E-state index contributed by atoms with van der Waals surface area (Å²) in [7, 11) is 0. The molecule has 5 nitrogen and oxygen atoms in total. The first-order valence-corrected chi connectivity index (χ1v) is 16.8. The van der Waals surface area contributed by atoms with Gasteiger partial charge >= 0.3 is 0 Å². The van der Waals surface area contributed by atoms with Crippen LogP contribution in [-0.4, -0.2) is 10.6 Å². The number of para-hydroxylation sites is 3. The van der Waals surface area contributed by atoms with E-state index in [1.807, 2.05) is 61.6 Å². The minimum Gasteiger partial charge on any atom is -0.337 e. The maximum Gasteiger partial charge on any atom is 0.0999 e. The molecule has 1 aliphatic heterocycles. The van der Waals surface area contributed by atoms with Crippen LogP contribution in [0.4, 0.5) is 5.69 Å². The van der Waals surface area contributed by atoms with Crippen LogP contribution >= 0.6 is 0 Å². The molecular weight excluding hydrogens is 623 g/mol. The summed E-state index contributed by atoms with van der Waals surface area (Å²) in [6, 6.07) is 44.2. The third kappa shape index (κ3) is 5.07. The zero-order valence-electron chi connectivity index (χ0n) is 28.0. The highest BCUT2D eigenvalue weighted by Crippen LogP contribution is 2.44. The second-order valence-corrected chi connectivity index (χ2v) is 12.7. The summed E-state index contributed by atoms with van der Waals surface area (Å²) in [5.74, 6) is -0.0467. The Kier molecular flexibility index (Phi) is 7.77. The molecule has 1 aliphatic carbocycles. The highest BCUT2D eigenvalue weighted by Gasteiger charge is 2.38. The van der Waals surface area contributed by atoms with Crippen LogP contribution in [-0.2, 0) is 0 Å². The Morgan fingerprint density at radius 1 is 0.725 bits per heavy atom. The van der Waals surface area contributed by atoms with E-state index in [1.165, 1.54) is 10.8 Å². The Hall–Kier alpha value is -7.13. The Balaban J connectivity index is 1.21. The largest absolute Gasteiger partial charge is 0.337 e. The fourth-order valence-corrected chi connectivity index (χ4v) is 7.80. The fourth-order valence-electron chi connectivity index (χ4n) is 7.80. The molecule has 0 amide bonds. The molecule has 0 saturated heterocycles. The normalized spacial score (nSPS) is 16.6. The Morgan fingerprint density at radius 2 is 1.33 bits per heavy atom. The number of hydrogen-bond donors (Lipinski definition) is 0. The summed E-state index contributed by atoms with van der Waals surface area (Å²) in [6.45, 7) is 5.86. The predicted molar refractivity (Wildman–Crippen MR) is 206 cm³/mol. The monoisotopic (exact) mass is 653 g/mol. The Bertz CT molecular complexity index is 2570. The lowest BCUT2D eigenvalue weighted by Gasteiger charge is -2.31. The highest BCUT2D eigenvalue weighted by atomic mass is 15.2. The third-order valence-corrected chi connectivity index (χ3v) is 10.0. The molecule has 2 aliphatic rings. The van der Waals surface area contributed by atoms with Crippen LogP contribution in [0.5, 0.6) is 0 Å². The van der Waals surface area contributed by atoms with Crippen molar-refractivity contribution in [3.8, 4) is 46.1 Å². The fraction of sp³-hybridized carbons (Fsp3) is 0.0652. The van der Waals surface area contributed by atoms with Crippen molar-refractivity contribution in [3.05, 3.63) is 180 Å². The summed E-state index contributed by atoms with van der Waals surface area (Å²) in [6.07, 6.45) is 11.5. The van der Waals surface area contributed by atoms with E-state index in [4.69, 9.17) is 0 Å². The van der Waals surface area contributed by atoms with E-state index in [1.54, 1.807) is 6.08 Å². The number of nitrogens with zero attached hydrogens (tertiary/aromatic N) is 5. The molecule has 5 heteroatoms. The zero-order valence-corrected chi connectivity index (χ0v) is 28.0. The van der Waals surface area contributed by atoms with Crippen LogP contribution in [0.2, 0.25) is 0 Å². The molecule has 5 aromatic carbocycles. The van der Waals surface area contributed by atoms with Gasteiger partial charge < -0.3 is 9.47 Å². The summed E-state index contributed by atoms with van der Waals surface area (Å²) >= 11 is 0. The van der Waals surface area contributed by atoms with Gasteiger partial charge in [-0.25, -0.2) is 0 Å². The minimum atomic E-state index is -0.0932. The lowest BCUT2D eigenvalue weighted by molar-refractivity contribution is 0.680. The molecular formula is C46H31N5. The number of anilines is 1. The zero-order chi connectivity index (χ0) is 35.1. The predicted octanol–water partition coefficient (Wildman–Crippen LogP) is 10.7. The van der Waals surface area contributed by atoms with Crippen molar-refractivity contribution in [2.24, 2.45) is 5.92 Å². The van der Waals surface area contributed by atoms with E-state index in [2.05, 4.69) is 119 Å². The first-order chi connectivity index (χ1) is 25.1. The number of rotatable bonds is 6. The van der Waals surface area contributed by atoms with Gasteiger partial charge in [-0.05, 0) is 60.0 Å². The first kappa shape index (κ1) is 31.2. The van der Waals surface area contributed by atoms with Gasteiger partial charge in [0.15, 0.2) is 0 Å². The molecule has 0 bridgehead atoms. The van der Waals surface area contributed by atoms with Gasteiger partial charge in [0, 0.05) is 44.8 Å². The number of aromatic nitrogens is 1. The number of hydrogen-bond acceptors (Lipinski definition) is 4. The van der Waals surface area contributed by atoms with Crippen molar-refractivity contribution < 1.29 is 0 Å². The van der Waals surface area contributed by atoms with Crippen molar-refractivity contribution in [2.45, 2.75) is 13.0 Å². The smallest absolute Gasteiger partial charge is 0.0999 e. The van der Waals surface area contributed by atoms with Crippen LogP contribution in [0.1, 0.15) is 18.1 Å². The maximum absolute atomic E-state index is 10.5. The number of allylic oxidation sites excluding steroid dienone is 6. The Morgan fingerprint density at radius 3 is 1.96 bits per heavy atom. The number of fused-ring (bicyclic) bond motifs is 4. The molecule has 0 spiro atoms. The van der Waals surface area contributed by atoms with Crippen molar-refractivity contribution in [2.75, 3.05) is 4.90 Å². The van der Waals surface area contributed by atoms with Gasteiger partial charge in [0.05, 0.1) is 52.1 Å². The second-order valence-electron chi connectivity index (χ2n) is 12.7. The van der Waals surface area contributed by atoms with Gasteiger partial charge in [-0.15, -0.1) is 0 Å². The molecule has 0 N–H and O–H groups in total. The van der Waals surface area contributed by atoms with Gasteiger partial charge in [-0.1, -0.05) is 116 Å². The SMILES string of the molecule is C=C/C=C\C1=C(C)N(c2cc(C#N)c(-c3ccc(-c4ccccc4-n4c5ccccc5c5ccccc54)cc3)c(C#N)c2)C2C=CC(C#N)=CC12. The van der Waals surface area contributed by atoms with Gasteiger partial charge in [0.2, 0.25) is 0 Å². The Labute approximate surface area is 297 Å². The second kappa shape index (κ2) is 12.7. The molecule has 2 unspecified atom stereocenters. The van der Waals surface area contributed by atoms with E-state index < -0.39 is 0 Å². The molecule has 6 aromatic rings. The minimum absolute atomic E-state index is 0.0467. The van der Waals surface area contributed by atoms with E-state index in [-0.39, 0.29) is 12.0 Å². The van der Waals surface area contributed by atoms with Gasteiger partial charge in [0.25, 0.3) is 0 Å². The van der Waals surface area contributed by atoms with E-state index in [0.29, 0.717) is 22.3 Å². The molecule has 0 fully saturated rings. The molecule has 0 saturated carbocycles. The average Bonchev–Trinajstić information content (AvgIpc) is 3.67. The van der Waals surface area contributed by atoms with Crippen LogP contribution in [0.15, 0.2) is 169 Å². The number of nitriles is 3. The van der Waals surface area contributed by atoms with Crippen LogP contribution < -0.4 is 4.90 Å². The highest BCUT2D eigenvalue weighted by molar-refractivity contribution is 6.09. The standard InChI is InChI=1S/C46H31N5/c1-3-4-11-37-30(2)50(45-23-18-31(27-47)24-41(37)45)36-25-34(28-48)46(35(26-36)29-49)33-21-19-32(20-22-33)38-12-5-8-15-42(38)51-43-16-9-6-13-39(43)40-14-7-10-17-44(40)51/h3-26,41,45H,1H2,2H3/b11-4-. The molecule has 51 heavy (non-hydrogen) atoms. The topological polar surface area (TPSA) is 79.5 Å². The molecule has 240 valence electrons. The summed E-state index contributed by atoms with van der Waals surface area (Å²) in [5.41, 5.74) is 11.2. The lowest BCUT2D eigenvalue weighted by atomic mass is 9.87. The lowest BCUT2D eigenvalue weighted by Crippen LogP contribution is -2.33. The van der Waals surface area contributed by atoms with Crippen molar-refractivity contribution in [1.82, 2.24) is 4.57 Å². The van der Waals surface area contributed by atoms with Gasteiger partial charge in [-0.2, -0.15) is 15.8 Å². The van der Waals surface area contributed by atoms with Crippen LogP contribution in [0, 0.1) is 39.9 Å². The number of benzene rings is 5. The summed E-state index contributed by atoms with van der Waals surface area (Å²) in [5, 5.41) is 33.0. The molecule has 2 heterocycles. The molecule has 2 atom stereocenters. The van der Waals surface area contributed by atoms with Crippen molar-refractivity contribution >= 4 is 27.5 Å². The quantitative estimate of drug-likeness (QED) is 0.168. The summed E-state index contributed by atoms with van der Waals surface area (Å²) in [4.78, 5) is 2.16. The molecule has 1 aromatic heterocycles. The third-order valence-electron chi connectivity index (χ3n) is 10.0. The van der Waals surface area contributed by atoms with Gasteiger partial charge in [0.1, 0.15) is 0 Å². The van der Waals surface area contributed by atoms with Crippen LogP contribution in [0.25, 0.3) is 49.7 Å². The van der Waals surface area contributed by atoms with Gasteiger partial charge in [-0.3, -0.25) is 0 Å². The van der Waals surface area contributed by atoms with Crippen molar-refractivity contribution in [3.63, 3.8) is 0 Å². The first-order valence-electron chi connectivity index (χ1n) is 16.8. The van der Waals surface area contributed by atoms with Crippen molar-refractivity contribution in [1.29, 1.82) is 15.8 Å². The van der Waals surface area contributed by atoms with E-state index in [9.17, 15) is 15.8 Å². The maximum atomic E-state index is 10.5. The van der Waals surface area contributed by atoms with E-state index in [0.717, 1.165) is 50.4 Å². The van der Waals surface area contributed by atoms with E-state index >= 15 is 0 Å². The van der Waals surface area contributed by atoms with Crippen LogP contribution in [0.3, 0.4) is 0 Å². The molecule has 8 rings (SSSR count). The summed E-state index contributed by atoms with van der Waals surface area (Å²) < 4.78 is 2.32. The molecule has 0 radical (unpaired) electrons.